The maximum atomic E-state index is 13.3. The Bertz CT molecular complexity index is 998. The second-order valence-electron chi connectivity index (χ2n) is 6.45. The SMILES string of the molecule is O=C(O)C1c2ccccc2C(=O)N(c2ccc(O)cc2)C1c1ccccc1. The summed E-state index contributed by atoms with van der Waals surface area (Å²) in [7, 11) is 0. The van der Waals surface area contributed by atoms with Crippen molar-refractivity contribution in [2.24, 2.45) is 0 Å². The first-order valence-electron chi connectivity index (χ1n) is 8.57. The molecule has 0 saturated heterocycles. The molecule has 0 spiro atoms. The number of aromatic hydroxyl groups is 1. The third-order valence-electron chi connectivity index (χ3n) is 4.87. The van der Waals surface area contributed by atoms with Crippen molar-refractivity contribution in [3.05, 3.63) is 95.6 Å². The van der Waals surface area contributed by atoms with Gasteiger partial charge in [0, 0.05) is 11.3 Å². The zero-order valence-electron chi connectivity index (χ0n) is 14.3. The highest BCUT2D eigenvalue weighted by molar-refractivity contribution is 6.11. The van der Waals surface area contributed by atoms with E-state index in [0.29, 0.717) is 16.8 Å². The monoisotopic (exact) mass is 359 g/mol. The third-order valence-corrected chi connectivity index (χ3v) is 4.87. The van der Waals surface area contributed by atoms with Gasteiger partial charge in [0.1, 0.15) is 11.7 Å². The van der Waals surface area contributed by atoms with E-state index in [-0.39, 0.29) is 11.7 Å². The number of nitrogens with zero attached hydrogens (tertiary/aromatic N) is 1. The number of phenolic OH excluding ortho intramolecular Hbond substituents is 1. The summed E-state index contributed by atoms with van der Waals surface area (Å²) in [5.74, 6) is -2.08. The minimum atomic E-state index is -0.993. The number of fused-ring (bicyclic) bond motifs is 1. The molecule has 0 saturated carbocycles. The molecule has 0 aliphatic carbocycles. The largest absolute Gasteiger partial charge is 0.508 e. The summed E-state index contributed by atoms with van der Waals surface area (Å²) in [5, 5.41) is 19.6. The van der Waals surface area contributed by atoms with Gasteiger partial charge in [0.2, 0.25) is 0 Å². The van der Waals surface area contributed by atoms with Gasteiger partial charge in [0.05, 0.1) is 6.04 Å². The molecule has 2 N–H and O–H groups in total. The molecule has 1 heterocycles. The Kier molecular flexibility index (Phi) is 4.12. The molecule has 5 heteroatoms. The van der Waals surface area contributed by atoms with Crippen LogP contribution in [-0.4, -0.2) is 22.1 Å². The van der Waals surface area contributed by atoms with E-state index in [2.05, 4.69) is 0 Å². The van der Waals surface area contributed by atoms with Crippen LogP contribution in [0.25, 0.3) is 0 Å². The lowest BCUT2D eigenvalue weighted by Crippen LogP contribution is -2.45. The van der Waals surface area contributed by atoms with Gasteiger partial charge in [0.15, 0.2) is 0 Å². The maximum Gasteiger partial charge on any atom is 0.313 e. The van der Waals surface area contributed by atoms with E-state index in [1.165, 1.54) is 17.0 Å². The van der Waals surface area contributed by atoms with Gasteiger partial charge in [-0.2, -0.15) is 0 Å². The summed E-state index contributed by atoms with van der Waals surface area (Å²) >= 11 is 0. The highest BCUT2D eigenvalue weighted by Crippen LogP contribution is 2.45. The first-order valence-corrected chi connectivity index (χ1v) is 8.57. The van der Waals surface area contributed by atoms with E-state index in [1.807, 2.05) is 30.3 Å². The first kappa shape index (κ1) is 16.8. The van der Waals surface area contributed by atoms with Crippen molar-refractivity contribution < 1.29 is 19.8 Å². The van der Waals surface area contributed by atoms with E-state index in [1.54, 1.807) is 36.4 Å². The molecular formula is C22H17NO4. The normalized spacial score (nSPS) is 18.8. The highest BCUT2D eigenvalue weighted by atomic mass is 16.4. The molecule has 0 fully saturated rings. The number of anilines is 1. The van der Waals surface area contributed by atoms with Gasteiger partial charge in [-0.1, -0.05) is 48.5 Å². The van der Waals surface area contributed by atoms with Crippen LogP contribution >= 0.6 is 0 Å². The summed E-state index contributed by atoms with van der Waals surface area (Å²) in [6.07, 6.45) is 0. The number of phenols is 1. The standard InChI is InChI=1S/C22H17NO4/c24-16-12-10-15(11-13-16)23-20(14-6-2-1-3-7-14)19(22(26)27)17-8-4-5-9-18(17)21(23)25/h1-13,19-20,24H,(H,26,27). The van der Waals surface area contributed by atoms with E-state index < -0.39 is 17.9 Å². The smallest absolute Gasteiger partial charge is 0.313 e. The van der Waals surface area contributed by atoms with E-state index in [0.717, 1.165) is 5.56 Å². The van der Waals surface area contributed by atoms with Crippen LogP contribution in [-0.2, 0) is 4.79 Å². The predicted octanol–water partition coefficient (Wildman–Crippen LogP) is 3.96. The Morgan fingerprint density at radius 2 is 1.48 bits per heavy atom. The average molecular weight is 359 g/mol. The lowest BCUT2D eigenvalue weighted by molar-refractivity contribution is -0.139. The molecule has 4 rings (SSSR count). The van der Waals surface area contributed by atoms with Crippen molar-refractivity contribution >= 4 is 17.6 Å². The molecule has 1 aliphatic rings. The first-order chi connectivity index (χ1) is 13.1. The maximum absolute atomic E-state index is 13.3. The number of carbonyl (C=O) groups is 2. The number of carbonyl (C=O) groups excluding carboxylic acids is 1. The number of aliphatic carboxylic acids is 1. The second-order valence-corrected chi connectivity index (χ2v) is 6.45. The Morgan fingerprint density at radius 3 is 2.15 bits per heavy atom. The fraction of sp³-hybridized carbons (Fsp3) is 0.0909. The Hall–Kier alpha value is -3.60. The summed E-state index contributed by atoms with van der Waals surface area (Å²) in [6, 6.07) is 21.5. The predicted molar refractivity (Wildman–Crippen MR) is 101 cm³/mol. The van der Waals surface area contributed by atoms with Crippen LogP contribution in [0.15, 0.2) is 78.9 Å². The zero-order chi connectivity index (χ0) is 19.0. The number of amides is 1. The summed E-state index contributed by atoms with van der Waals surface area (Å²) in [5.41, 5.74) is 2.16. The van der Waals surface area contributed by atoms with Gasteiger partial charge in [0.25, 0.3) is 5.91 Å². The van der Waals surface area contributed by atoms with Crippen LogP contribution in [0.5, 0.6) is 5.75 Å². The summed E-state index contributed by atoms with van der Waals surface area (Å²) < 4.78 is 0. The van der Waals surface area contributed by atoms with Crippen LogP contribution in [0.4, 0.5) is 5.69 Å². The van der Waals surface area contributed by atoms with E-state index >= 15 is 0 Å². The van der Waals surface area contributed by atoms with Crippen molar-refractivity contribution in [3.63, 3.8) is 0 Å². The van der Waals surface area contributed by atoms with Crippen molar-refractivity contribution in [1.29, 1.82) is 0 Å². The molecule has 1 aliphatic heterocycles. The molecule has 3 aromatic carbocycles. The minimum absolute atomic E-state index is 0.0784. The molecule has 27 heavy (non-hydrogen) atoms. The lowest BCUT2D eigenvalue weighted by Gasteiger charge is -2.40. The van der Waals surface area contributed by atoms with Crippen LogP contribution < -0.4 is 4.90 Å². The van der Waals surface area contributed by atoms with Crippen molar-refractivity contribution in [2.75, 3.05) is 4.90 Å². The number of carboxylic acid groups (broad SMARTS) is 1. The number of rotatable bonds is 3. The third kappa shape index (κ3) is 2.83. The molecule has 3 aromatic rings. The molecule has 5 nitrogen and oxygen atoms in total. The number of hydrogen-bond donors (Lipinski definition) is 2. The Labute approximate surface area is 156 Å². The zero-order valence-corrected chi connectivity index (χ0v) is 14.3. The van der Waals surface area contributed by atoms with Gasteiger partial charge in [-0.15, -0.1) is 0 Å². The van der Waals surface area contributed by atoms with Crippen LogP contribution in [0.2, 0.25) is 0 Å². The Balaban J connectivity index is 1.98. The number of hydrogen-bond acceptors (Lipinski definition) is 3. The quantitative estimate of drug-likeness (QED) is 0.742. The van der Waals surface area contributed by atoms with Gasteiger partial charge < -0.3 is 10.2 Å². The molecule has 0 bridgehead atoms. The molecule has 0 radical (unpaired) electrons. The highest BCUT2D eigenvalue weighted by Gasteiger charge is 2.44. The molecular weight excluding hydrogens is 342 g/mol. The molecule has 134 valence electrons. The molecule has 2 unspecified atom stereocenters. The fourth-order valence-electron chi connectivity index (χ4n) is 3.69. The second kappa shape index (κ2) is 6.61. The van der Waals surface area contributed by atoms with Gasteiger partial charge in [-0.25, -0.2) is 0 Å². The average Bonchev–Trinajstić information content (AvgIpc) is 2.69. The molecule has 2 atom stereocenters. The van der Waals surface area contributed by atoms with Crippen LogP contribution in [0, 0.1) is 0 Å². The fourth-order valence-corrected chi connectivity index (χ4v) is 3.69. The van der Waals surface area contributed by atoms with Gasteiger partial charge in [-0.3, -0.25) is 14.5 Å². The van der Waals surface area contributed by atoms with Crippen LogP contribution in [0.1, 0.15) is 33.4 Å². The molecule has 1 amide bonds. The van der Waals surface area contributed by atoms with Crippen molar-refractivity contribution in [3.8, 4) is 5.75 Å². The summed E-state index contributed by atoms with van der Waals surface area (Å²) in [6.45, 7) is 0. The minimum Gasteiger partial charge on any atom is -0.508 e. The van der Waals surface area contributed by atoms with Gasteiger partial charge >= 0.3 is 5.97 Å². The van der Waals surface area contributed by atoms with Crippen molar-refractivity contribution in [2.45, 2.75) is 12.0 Å². The number of benzene rings is 3. The lowest BCUT2D eigenvalue weighted by atomic mass is 9.79. The van der Waals surface area contributed by atoms with E-state index in [4.69, 9.17) is 0 Å². The number of carboxylic acids is 1. The molecule has 0 aromatic heterocycles. The van der Waals surface area contributed by atoms with Crippen molar-refractivity contribution in [1.82, 2.24) is 0 Å². The van der Waals surface area contributed by atoms with Gasteiger partial charge in [-0.05, 0) is 41.5 Å². The van der Waals surface area contributed by atoms with E-state index in [9.17, 15) is 19.8 Å². The van der Waals surface area contributed by atoms with Crippen LogP contribution in [0.3, 0.4) is 0 Å². The summed E-state index contributed by atoms with van der Waals surface area (Å²) in [4.78, 5) is 27.1. The topological polar surface area (TPSA) is 77.8 Å². The Morgan fingerprint density at radius 1 is 0.852 bits per heavy atom.